The summed E-state index contributed by atoms with van der Waals surface area (Å²) in [5.74, 6) is 0.944. The minimum atomic E-state index is 0.540. The number of unbranched alkanes of at least 4 members (excludes halogenated alkanes) is 2. The summed E-state index contributed by atoms with van der Waals surface area (Å²) in [4.78, 5) is 0. The molecule has 1 fully saturated rings. The van der Waals surface area contributed by atoms with Crippen LogP contribution in [0.4, 0.5) is 0 Å². The Kier molecular flexibility index (Phi) is 7.37. The van der Waals surface area contributed by atoms with E-state index in [2.05, 4.69) is 6.58 Å². The number of rotatable bonds is 9. The highest BCUT2D eigenvalue weighted by Gasteiger charge is 2.12. The maximum Gasteiger partial charge on any atom is 0.119 e. The predicted molar refractivity (Wildman–Crippen MR) is 88.7 cm³/mol. The molecule has 1 aliphatic rings. The highest BCUT2D eigenvalue weighted by Crippen LogP contribution is 2.20. The Hall–Kier alpha value is -1.28. The average Bonchev–Trinajstić information content (AvgIpc) is 2.55. The van der Waals surface area contributed by atoms with Gasteiger partial charge >= 0.3 is 0 Å². The van der Waals surface area contributed by atoms with E-state index in [0.717, 1.165) is 37.4 Å². The fourth-order valence-electron chi connectivity index (χ4n) is 2.75. The predicted octanol–water partition coefficient (Wildman–Crippen LogP) is 5.23. The zero-order chi connectivity index (χ0) is 14.8. The Morgan fingerprint density at radius 3 is 2.38 bits per heavy atom. The van der Waals surface area contributed by atoms with Crippen molar-refractivity contribution >= 4 is 6.08 Å². The van der Waals surface area contributed by atoms with Gasteiger partial charge in [0.15, 0.2) is 0 Å². The maximum absolute atomic E-state index is 5.92. The molecule has 1 saturated carbocycles. The molecule has 2 heteroatoms. The summed E-state index contributed by atoms with van der Waals surface area (Å²) in [6.07, 6.45) is 12.4. The quantitative estimate of drug-likeness (QED) is 0.579. The molecule has 0 unspecified atom stereocenters. The molecule has 1 aromatic rings. The fraction of sp³-hybridized carbons (Fsp3) is 0.579. The van der Waals surface area contributed by atoms with E-state index in [4.69, 9.17) is 9.47 Å². The molecule has 0 aromatic heterocycles. The lowest BCUT2D eigenvalue weighted by atomic mass is 9.98. The van der Waals surface area contributed by atoms with Gasteiger partial charge in [-0.25, -0.2) is 0 Å². The standard InChI is InChI=1S/C19H28O2/c1-2-17-11-13-19(14-12-17)21-16-8-4-7-15-20-18-9-5-3-6-10-18/h2,11-14,18H,1,3-10,15-16H2. The van der Waals surface area contributed by atoms with E-state index in [1.807, 2.05) is 30.3 Å². The van der Waals surface area contributed by atoms with Crippen LogP contribution in [-0.2, 0) is 4.74 Å². The molecule has 0 N–H and O–H groups in total. The normalized spacial score (nSPS) is 15.8. The third-order valence-corrected chi connectivity index (χ3v) is 4.08. The molecule has 2 rings (SSSR count). The SMILES string of the molecule is C=Cc1ccc(OCCCCCOC2CCCCC2)cc1. The molecular formula is C19H28O2. The molecule has 1 aliphatic carbocycles. The van der Waals surface area contributed by atoms with Gasteiger partial charge in [0.1, 0.15) is 5.75 Å². The van der Waals surface area contributed by atoms with Crippen LogP contribution in [0.3, 0.4) is 0 Å². The van der Waals surface area contributed by atoms with Gasteiger partial charge in [0.05, 0.1) is 12.7 Å². The van der Waals surface area contributed by atoms with Crippen LogP contribution in [0, 0.1) is 0 Å². The number of benzene rings is 1. The minimum absolute atomic E-state index is 0.540. The van der Waals surface area contributed by atoms with E-state index in [9.17, 15) is 0 Å². The Morgan fingerprint density at radius 1 is 0.952 bits per heavy atom. The largest absolute Gasteiger partial charge is 0.494 e. The first-order valence-electron chi connectivity index (χ1n) is 8.35. The summed E-state index contributed by atoms with van der Waals surface area (Å²) in [6.45, 7) is 5.45. The van der Waals surface area contributed by atoms with Crippen LogP contribution in [0.5, 0.6) is 5.75 Å². The lowest BCUT2D eigenvalue weighted by Gasteiger charge is -2.21. The van der Waals surface area contributed by atoms with Crippen molar-refractivity contribution in [3.8, 4) is 5.75 Å². The van der Waals surface area contributed by atoms with Crippen LogP contribution in [0.1, 0.15) is 56.9 Å². The van der Waals surface area contributed by atoms with Gasteiger partial charge in [-0.2, -0.15) is 0 Å². The van der Waals surface area contributed by atoms with Crippen LogP contribution >= 0.6 is 0 Å². The second kappa shape index (κ2) is 9.62. The topological polar surface area (TPSA) is 18.5 Å². The second-order valence-electron chi connectivity index (χ2n) is 5.81. The third kappa shape index (κ3) is 6.34. The summed E-state index contributed by atoms with van der Waals surface area (Å²) in [5.41, 5.74) is 1.13. The van der Waals surface area contributed by atoms with Crippen molar-refractivity contribution in [3.05, 3.63) is 36.4 Å². The number of hydrogen-bond acceptors (Lipinski definition) is 2. The van der Waals surface area contributed by atoms with Gasteiger partial charge < -0.3 is 9.47 Å². The molecular weight excluding hydrogens is 260 g/mol. The monoisotopic (exact) mass is 288 g/mol. The molecule has 0 amide bonds. The van der Waals surface area contributed by atoms with Gasteiger partial charge in [-0.15, -0.1) is 0 Å². The summed E-state index contributed by atoms with van der Waals surface area (Å²) in [5, 5.41) is 0. The number of hydrogen-bond donors (Lipinski definition) is 0. The molecule has 0 atom stereocenters. The van der Waals surface area contributed by atoms with E-state index in [0.29, 0.717) is 6.10 Å². The molecule has 0 bridgehead atoms. The second-order valence-corrected chi connectivity index (χ2v) is 5.81. The summed E-state index contributed by atoms with van der Waals surface area (Å²) >= 11 is 0. The maximum atomic E-state index is 5.92. The van der Waals surface area contributed by atoms with Gasteiger partial charge in [0.25, 0.3) is 0 Å². The van der Waals surface area contributed by atoms with Crippen LogP contribution in [0.25, 0.3) is 6.08 Å². The summed E-state index contributed by atoms with van der Waals surface area (Å²) in [6, 6.07) is 8.06. The van der Waals surface area contributed by atoms with Crippen molar-refractivity contribution in [2.75, 3.05) is 13.2 Å². The minimum Gasteiger partial charge on any atom is -0.494 e. The first kappa shape index (κ1) is 16.1. The van der Waals surface area contributed by atoms with Gasteiger partial charge in [0.2, 0.25) is 0 Å². The van der Waals surface area contributed by atoms with Gasteiger partial charge in [-0.3, -0.25) is 0 Å². The van der Waals surface area contributed by atoms with E-state index in [1.54, 1.807) is 0 Å². The lowest BCUT2D eigenvalue weighted by molar-refractivity contribution is 0.0260. The Bertz CT molecular complexity index is 391. The average molecular weight is 288 g/mol. The van der Waals surface area contributed by atoms with Crippen molar-refractivity contribution in [1.82, 2.24) is 0 Å². The van der Waals surface area contributed by atoms with Gasteiger partial charge in [-0.05, 0) is 49.8 Å². The fourth-order valence-corrected chi connectivity index (χ4v) is 2.75. The number of ether oxygens (including phenoxy) is 2. The zero-order valence-electron chi connectivity index (χ0n) is 13.1. The molecule has 0 heterocycles. The van der Waals surface area contributed by atoms with Crippen molar-refractivity contribution in [2.24, 2.45) is 0 Å². The smallest absolute Gasteiger partial charge is 0.119 e. The highest BCUT2D eigenvalue weighted by molar-refractivity contribution is 5.48. The van der Waals surface area contributed by atoms with Crippen molar-refractivity contribution < 1.29 is 9.47 Å². The van der Waals surface area contributed by atoms with E-state index in [-0.39, 0.29) is 0 Å². The summed E-state index contributed by atoms with van der Waals surface area (Å²) in [7, 11) is 0. The lowest BCUT2D eigenvalue weighted by Crippen LogP contribution is -2.17. The van der Waals surface area contributed by atoms with Crippen LogP contribution < -0.4 is 4.74 Å². The summed E-state index contributed by atoms with van der Waals surface area (Å²) < 4.78 is 11.7. The van der Waals surface area contributed by atoms with Crippen LogP contribution in [0.2, 0.25) is 0 Å². The molecule has 2 nitrogen and oxygen atoms in total. The van der Waals surface area contributed by atoms with Crippen molar-refractivity contribution in [3.63, 3.8) is 0 Å². The van der Waals surface area contributed by atoms with Crippen LogP contribution in [0.15, 0.2) is 30.8 Å². The molecule has 0 saturated heterocycles. The van der Waals surface area contributed by atoms with Crippen molar-refractivity contribution in [1.29, 1.82) is 0 Å². The van der Waals surface area contributed by atoms with Gasteiger partial charge in [-0.1, -0.05) is 44.1 Å². The van der Waals surface area contributed by atoms with E-state index < -0.39 is 0 Å². The van der Waals surface area contributed by atoms with E-state index in [1.165, 1.54) is 38.5 Å². The highest BCUT2D eigenvalue weighted by atomic mass is 16.5. The van der Waals surface area contributed by atoms with E-state index >= 15 is 0 Å². The first-order valence-corrected chi connectivity index (χ1v) is 8.35. The van der Waals surface area contributed by atoms with Gasteiger partial charge in [0, 0.05) is 6.61 Å². The molecule has 1 aromatic carbocycles. The Morgan fingerprint density at radius 2 is 1.67 bits per heavy atom. The molecule has 0 radical (unpaired) electrons. The Balaban J connectivity index is 1.46. The Labute approximate surface area is 129 Å². The first-order chi connectivity index (χ1) is 10.4. The molecule has 116 valence electrons. The molecule has 0 aliphatic heterocycles. The molecule has 21 heavy (non-hydrogen) atoms. The third-order valence-electron chi connectivity index (χ3n) is 4.08. The van der Waals surface area contributed by atoms with Crippen LogP contribution in [-0.4, -0.2) is 19.3 Å². The zero-order valence-corrected chi connectivity index (χ0v) is 13.1. The van der Waals surface area contributed by atoms with Crippen molar-refractivity contribution in [2.45, 2.75) is 57.5 Å². The molecule has 0 spiro atoms.